The van der Waals surface area contributed by atoms with Crippen LogP contribution in [-0.2, 0) is 11.2 Å². The van der Waals surface area contributed by atoms with Gasteiger partial charge >= 0.3 is 0 Å². The molecule has 5 heteroatoms. The molecule has 3 N–H and O–H groups in total. The largest absolute Gasteiger partial charge is 0.483 e. The van der Waals surface area contributed by atoms with E-state index in [9.17, 15) is 4.79 Å². The first-order valence-corrected chi connectivity index (χ1v) is 5.87. The number of benzene rings is 1. The van der Waals surface area contributed by atoms with E-state index in [1.807, 2.05) is 0 Å². The third-order valence-electron chi connectivity index (χ3n) is 2.22. The lowest BCUT2D eigenvalue weighted by Crippen LogP contribution is -2.29. The van der Waals surface area contributed by atoms with Crippen molar-refractivity contribution in [3.05, 3.63) is 28.8 Å². The first kappa shape index (κ1) is 14.4. The number of nitrogens with two attached hydrogens (primary N) is 1. The zero-order valence-corrected chi connectivity index (χ0v) is 10.7. The Hall–Kier alpha value is -1.70. The van der Waals surface area contributed by atoms with E-state index < -0.39 is 0 Å². The first-order valence-electron chi connectivity index (χ1n) is 5.49. The van der Waals surface area contributed by atoms with Gasteiger partial charge in [-0.1, -0.05) is 23.6 Å². The van der Waals surface area contributed by atoms with Crippen LogP contribution in [-0.4, -0.2) is 25.6 Å². The molecule has 1 aromatic carbocycles. The van der Waals surface area contributed by atoms with Gasteiger partial charge < -0.3 is 15.8 Å². The van der Waals surface area contributed by atoms with E-state index in [2.05, 4.69) is 11.2 Å². The Bertz CT molecular complexity index is 455. The summed E-state index contributed by atoms with van der Waals surface area (Å²) in [6.07, 6.45) is 5.63. The number of terminal acetylenes is 1. The van der Waals surface area contributed by atoms with Crippen LogP contribution in [0.3, 0.4) is 0 Å². The van der Waals surface area contributed by atoms with Gasteiger partial charge in [0, 0.05) is 10.6 Å². The molecule has 0 bridgehead atoms. The minimum atomic E-state index is -0.272. The quantitative estimate of drug-likeness (QED) is 0.754. The predicted molar refractivity (Wildman–Crippen MR) is 71.5 cm³/mol. The van der Waals surface area contributed by atoms with Gasteiger partial charge in [0.2, 0.25) is 0 Å². The van der Waals surface area contributed by atoms with Crippen LogP contribution < -0.4 is 15.8 Å². The molecule has 0 saturated heterocycles. The van der Waals surface area contributed by atoms with Gasteiger partial charge in [-0.05, 0) is 25.1 Å². The molecule has 0 aromatic heterocycles. The highest BCUT2D eigenvalue weighted by Gasteiger charge is 2.09. The van der Waals surface area contributed by atoms with Crippen LogP contribution in [0.1, 0.15) is 5.56 Å². The second kappa shape index (κ2) is 7.59. The van der Waals surface area contributed by atoms with Gasteiger partial charge in [0.15, 0.2) is 6.61 Å². The summed E-state index contributed by atoms with van der Waals surface area (Å²) in [7, 11) is 0. The second-order valence-corrected chi connectivity index (χ2v) is 3.93. The number of ether oxygens (including phenoxy) is 1. The van der Waals surface area contributed by atoms with Crippen molar-refractivity contribution in [1.29, 1.82) is 0 Å². The average Bonchev–Trinajstić information content (AvgIpc) is 2.37. The van der Waals surface area contributed by atoms with E-state index in [0.717, 1.165) is 5.56 Å². The molecule has 0 unspecified atom stereocenters. The molecular formula is C13H15ClN2O2. The monoisotopic (exact) mass is 266 g/mol. The fourth-order valence-corrected chi connectivity index (χ4v) is 1.67. The molecule has 1 aromatic rings. The summed E-state index contributed by atoms with van der Waals surface area (Å²) >= 11 is 6.04. The van der Waals surface area contributed by atoms with Crippen molar-refractivity contribution in [3.63, 3.8) is 0 Å². The van der Waals surface area contributed by atoms with E-state index in [4.69, 9.17) is 28.5 Å². The summed E-state index contributed by atoms with van der Waals surface area (Å²) in [6, 6.07) is 5.28. The zero-order valence-electron chi connectivity index (χ0n) is 9.91. The Morgan fingerprint density at radius 3 is 3.00 bits per heavy atom. The first-order chi connectivity index (χ1) is 8.69. The highest BCUT2D eigenvalue weighted by molar-refractivity contribution is 6.31. The lowest BCUT2D eigenvalue weighted by Gasteiger charge is -2.12. The molecule has 1 rings (SSSR count). The molecule has 0 aliphatic rings. The molecule has 0 saturated carbocycles. The van der Waals surface area contributed by atoms with Crippen molar-refractivity contribution in [1.82, 2.24) is 5.32 Å². The minimum Gasteiger partial charge on any atom is -0.483 e. The molecule has 0 radical (unpaired) electrons. The van der Waals surface area contributed by atoms with Crippen LogP contribution in [0.15, 0.2) is 18.2 Å². The van der Waals surface area contributed by atoms with E-state index in [1.165, 1.54) is 0 Å². The van der Waals surface area contributed by atoms with Crippen LogP contribution >= 0.6 is 11.6 Å². The summed E-state index contributed by atoms with van der Waals surface area (Å²) in [5.41, 5.74) is 6.32. The number of amides is 1. The Kier molecular flexibility index (Phi) is 6.06. The Morgan fingerprint density at radius 2 is 2.33 bits per heavy atom. The maximum atomic E-state index is 11.3. The number of carbonyl (C=O) groups excluding carboxylic acids is 1. The Labute approximate surface area is 111 Å². The van der Waals surface area contributed by atoms with Gasteiger partial charge in [-0.2, -0.15) is 0 Å². The summed E-state index contributed by atoms with van der Waals surface area (Å²) < 4.78 is 5.41. The van der Waals surface area contributed by atoms with Crippen LogP contribution in [0, 0.1) is 12.3 Å². The molecule has 0 spiro atoms. The molecule has 1 amide bonds. The van der Waals surface area contributed by atoms with Crippen LogP contribution in [0.4, 0.5) is 0 Å². The fourth-order valence-electron chi connectivity index (χ4n) is 1.40. The standard InChI is InChI=1S/C13H15ClN2O2/c1-2-8-16-13(17)9-18-12-5-3-4-11(14)10(12)6-7-15/h1,3-5H,6-9,15H2,(H,16,17). The number of halogens is 1. The molecule has 4 nitrogen and oxygen atoms in total. The van der Waals surface area contributed by atoms with E-state index in [-0.39, 0.29) is 19.1 Å². The van der Waals surface area contributed by atoms with E-state index in [1.54, 1.807) is 18.2 Å². The third-order valence-corrected chi connectivity index (χ3v) is 2.57. The topological polar surface area (TPSA) is 64.3 Å². The normalized spacial score (nSPS) is 9.61. The lowest BCUT2D eigenvalue weighted by atomic mass is 10.1. The summed E-state index contributed by atoms with van der Waals surface area (Å²) in [5, 5.41) is 3.10. The lowest BCUT2D eigenvalue weighted by molar-refractivity contribution is -0.122. The maximum absolute atomic E-state index is 11.3. The van der Waals surface area contributed by atoms with Gasteiger partial charge in [-0.3, -0.25) is 4.79 Å². The molecule has 0 aliphatic carbocycles. The van der Waals surface area contributed by atoms with Crippen LogP contribution in [0.2, 0.25) is 5.02 Å². The van der Waals surface area contributed by atoms with E-state index >= 15 is 0 Å². The molecule has 96 valence electrons. The Balaban J connectivity index is 2.64. The molecule has 0 atom stereocenters. The number of hydrogen-bond acceptors (Lipinski definition) is 3. The summed E-state index contributed by atoms with van der Waals surface area (Å²) in [4.78, 5) is 11.3. The molecule has 0 aliphatic heterocycles. The van der Waals surface area contributed by atoms with Crippen LogP contribution in [0.5, 0.6) is 5.75 Å². The van der Waals surface area contributed by atoms with Gasteiger partial charge in [-0.25, -0.2) is 0 Å². The van der Waals surface area contributed by atoms with Gasteiger partial charge in [-0.15, -0.1) is 6.42 Å². The smallest absolute Gasteiger partial charge is 0.258 e. The maximum Gasteiger partial charge on any atom is 0.258 e. The fraction of sp³-hybridized carbons (Fsp3) is 0.308. The molecule has 0 fully saturated rings. The molecule has 18 heavy (non-hydrogen) atoms. The number of carbonyl (C=O) groups is 1. The summed E-state index contributed by atoms with van der Waals surface area (Å²) in [5.74, 6) is 2.61. The SMILES string of the molecule is C#CCNC(=O)COc1cccc(Cl)c1CCN. The zero-order chi connectivity index (χ0) is 13.4. The van der Waals surface area contributed by atoms with E-state index in [0.29, 0.717) is 23.7 Å². The van der Waals surface area contributed by atoms with Crippen molar-refractivity contribution in [2.75, 3.05) is 19.7 Å². The van der Waals surface area contributed by atoms with Gasteiger partial charge in [0.1, 0.15) is 5.75 Å². The highest BCUT2D eigenvalue weighted by atomic mass is 35.5. The van der Waals surface area contributed by atoms with Crippen molar-refractivity contribution in [2.45, 2.75) is 6.42 Å². The number of nitrogens with one attached hydrogen (secondary N) is 1. The third kappa shape index (κ3) is 4.28. The van der Waals surface area contributed by atoms with Gasteiger partial charge in [0.25, 0.3) is 5.91 Å². The second-order valence-electron chi connectivity index (χ2n) is 3.52. The van der Waals surface area contributed by atoms with Gasteiger partial charge in [0.05, 0.1) is 6.54 Å². The van der Waals surface area contributed by atoms with Crippen molar-refractivity contribution in [3.8, 4) is 18.1 Å². The molecular weight excluding hydrogens is 252 g/mol. The predicted octanol–water partition coefficient (Wildman–Crippen LogP) is 0.969. The van der Waals surface area contributed by atoms with Crippen molar-refractivity contribution >= 4 is 17.5 Å². The minimum absolute atomic E-state index is 0.0976. The Morgan fingerprint density at radius 1 is 1.56 bits per heavy atom. The average molecular weight is 267 g/mol. The number of rotatable bonds is 6. The van der Waals surface area contributed by atoms with Crippen molar-refractivity contribution in [2.24, 2.45) is 5.73 Å². The number of hydrogen-bond donors (Lipinski definition) is 2. The summed E-state index contributed by atoms with van der Waals surface area (Å²) in [6.45, 7) is 0.552. The van der Waals surface area contributed by atoms with Crippen LogP contribution in [0.25, 0.3) is 0 Å². The van der Waals surface area contributed by atoms with Crippen molar-refractivity contribution < 1.29 is 9.53 Å². The molecule has 0 heterocycles. The highest BCUT2D eigenvalue weighted by Crippen LogP contribution is 2.26.